The van der Waals surface area contributed by atoms with Crippen molar-refractivity contribution in [2.24, 2.45) is 17.8 Å². The van der Waals surface area contributed by atoms with Crippen LogP contribution in [0.25, 0.3) is 21.8 Å². The van der Waals surface area contributed by atoms with Crippen LogP contribution in [-0.2, 0) is 41.6 Å². The number of benzene rings is 2. The summed E-state index contributed by atoms with van der Waals surface area (Å²) < 4.78 is 0. The predicted octanol–water partition coefficient (Wildman–Crippen LogP) is 2.93. The Bertz CT molecular complexity index is 2250. The molecule has 2 fully saturated rings. The van der Waals surface area contributed by atoms with Crippen molar-refractivity contribution < 1.29 is 28.8 Å². The lowest BCUT2D eigenvalue weighted by Gasteiger charge is -2.31. The maximum absolute atomic E-state index is 14.4. The molecule has 0 radical (unpaired) electrons. The number of carbonyl (C=O) groups excluding carboxylic acids is 6. The van der Waals surface area contributed by atoms with Gasteiger partial charge >= 0.3 is 0 Å². The van der Waals surface area contributed by atoms with Crippen LogP contribution in [0.4, 0.5) is 0 Å². The average molecular weight is 854 g/mol. The molecule has 2 aliphatic heterocycles. The highest BCUT2D eigenvalue weighted by molar-refractivity contribution is 8.00. The van der Waals surface area contributed by atoms with Gasteiger partial charge in [-0.25, -0.2) is 0 Å². The molecule has 1 unspecified atom stereocenters. The standard InChI is InChI=1S/C45H59N9O6S/c1-8-13-32-39(55)52-36(23(2)3)43(59)50-34(19-27-21-47-31-17-12-10-15-29(27)31)41(57)54-38(25(6)7)45-51-35(22-61-45)42(58)53-37(24(4)5)44(60)49-33(40(56)48-32)18-26-20-46-30-16-11-9-14-28(26)30/h8-12,14-17,20-21,23-25,32-38,45-47,51H,1,13,18-19,22H2,2-7H3,(H,48,56)(H,49,60)(H,50,59)(H,52,55)(H,53,58)(H,54,57)/t32-,33+,34-,35+,36+,37-,38+,45?/m1/s1. The number of aromatic nitrogens is 2. The molecule has 0 spiro atoms. The zero-order valence-electron chi connectivity index (χ0n) is 35.6. The van der Waals surface area contributed by atoms with E-state index in [4.69, 9.17) is 0 Å². The molecule has 2 aromatic heterocycles. The number of fused-ring (bicyclic) bond motifs is 4. The molecule has 326 valence electrons. The van der Waals surface area contributed by atoms with E-state index in [0.29, 0.717) is 5.75 Å². The molecule has 8 atom stereocenters. The largest absolute Gasteiger partial charge is 0.361 e. The molecule has 0 saturated carbocycles. The highest BCUT2D eigenvalue weighted by Crippen LogP contribution is 2.27. The quantitative estimate of drug-likeness (QED) is 0.114. The molecule has 15 nitrogen and oxygen atoms in total. The molecular weight excluding hydrogens is 795 g/mol. The Morgan fingerprint density at radius 3 is 1.54 bits per heavy atom. The summed E-state index contributed by atoms with van der Waals surface area (Å²) in [6.45, 7) is 14.9. The Balaban J connectivity index is 1.36. The summed E-state index contributed by atoms with van der Waals surface area (Å²) in [5, 5.41) is 22.4. The molecule has 61 heavy (non-hydrogen) atoms. The third-order valence-electron chi connectivity index (χ3n) is 11.5. The van der Waals surface area contributed by atoms with Crippen LogP contribution in [0.2, 0.25) is 0 Å². The van der Waals surface area contributed by atoms with E-state index in [1.807, 2.05) is 82.4 Å². The fraction of sp³-hybridized carbons (Fsp3) is 0.467. The first-order valence-corrected chi connectivity index (χ1v) is 22.1. The Hall–Kier alpha value is -5.61. The van der Waals surface area contributed by atoms with Crippen molar-refractivity contribution in [2.45, 2.75) is 108 Å². The Morgan fingerprint density at radius 2 is 1.05 bits per heavy atom. The van der Waals surface area contributed by atoms with Gasteiger partial charge in [0.05, 0.1) is 17.5 Å². The highest BCUT2D eigenvalue weighted by atomic mass is 32.2. The van der Waals surface area contributed by atoms with Crippen LogP contribution in [0.5, 0.6) is 0 Å². The lowest BCUT2D eigenvalue weighted by molar-refractivity contribution is -0.135. The van der Waals surface area contributed by atoms with Crippen LogP contribution < -0.4 is 37.2 Å². The number of aromatic amines is 2. The Morgan fingerprint density at radius 1 is 0.590 bits per heavy atom. The fourth-order valence-corrected chi connectivity index (χ4v) is 9.44. The SMILES string of the molecule is C=CC[C@H]1NC(=O)[C@H](Cc2c[nH]c3ccccc23)NC(=O)[C@@H](C(C)C)NC(=O)[C@@H]2CSC(N2)[C@H](C(C)C)NC(=O)[C@@H](Cc2c[nH]c3ccccc23)NC(=O)[C@H](C(C)C)NC1=O. The number of nitrogens with one attached hydrogen (secondary N) is 9. The van der Waals surface area contributed by atoms with Gasteiger partial charge in [-0.1, -0.05) is 84.0 Å². The van der Waals surface area contributed by atoms with Gasteiger partial charge < -0.3 is 41.9 Å². The molecule has 4 heterocycles. The van der Waals surface area contributed by atoms with E-state index in [9.17, 15) is 28.8 Å². The molecular formula is C45H59N9O6S. The number of hydrogen-bond donors (Lipinski definition) is 9. The van der Waals surface area contributed by atoms with Crippen molar-refractivity contribution in [2.75, 3.05) is 5.75 Å². The molecule has 0 aliphatic carbocycles. The first kappa shape index (κ1) is 44.9. The van der Waals surface area contributed by atoms with Crippen LogP contribution >= 0.6 is 11.8 Å². The van der Waals surface area contributed by atoms with E-state index in [0.717, 1.165) is 32.9 Å². The summed E-state index contributed by atoms with van der Waals surface area (Å²) >= 11 is 1.49. The van der Waals surface area contributed by atoms with Gasteiger partial charge in [-0.05, 0) is 47.4 Å². The Kier molecular flexibility index (Phi) is 14.6. The van der Waals surface area contributed by atoms with Crippen molar-refractivity contribution in [1.82, 2.24) is 47.2 Å². The molecule has 16 heteroatoms. The molecule has 2 saturated heterocycles. The van der Waals surface area contributed by atoms with Gasteiger partial charge in [0.15, 0.2) is 0 Å². The molecule has 2 aliphatic rings. The molecule has 2 bridgehead atoms. The maximum Gasteiger partial charge on any atom is 0.243 e. The molecule has 2 aromatic carbocycles. The van der Waals surface area contributed by atoms with Crippen molar-refractivity contribution in [3.63, 3.8) is 0 Å². The topological polar surface area (TPSA) is 218 Å². The number of rotatable bonds is 9. The first-order valence-electron chi connectivity index (χ1n) is 21.1. The Labute approximate surface area is 360 Å². The summed E-state index contributed by atoms with van der Waals surface area (Å²) in [6, 6.07) is 8.63. The fourth-order valence-electron chi connectivity index (χ4n) is 7.94. The van der Waals surface area contributed by atoms with Crippen LogP contribution in [0.1, 0.15) is 59.1 Å². The number of thioether (sulfide) groups is 1. The van der Waals surface area contributed by atoms with Crippen LogP contribution in [0.15, 0.2) is 73.6 Å². The highest BCUT2D eigenvalue weighted by Gasteiger charge is 2.40. The van der Waals surface area contributed by atoms with E-state index >= 15 is 0 Å². The van der Waals surface area contributed by atoms with Crippen molar-refractivity contribution in [3.8, 4) is 0 Å². The third-order valence-corrected chi connectivity index (χ3v) is 12.8. The smallest absolute Gasteiger partial charge is 0.243 e. The molecule has 6 amide bonds. The van der Waals surface area contributed by atoms with Crippen molar-refractivity contribution in [3.05, 3.63) is 84.7 Å². The van der Waals surface area contributed by atoms with Gasteiger partial charge in [-0.2, -0.15) is 0 Å². The van der Waals surface area contributed by atoms with Gasteiger partial charge in [-0.3, -0.25) is 34.1 Å². The monoisotopic (exact) mass is 853 g/mol. The van der Waals surface area contributed by atoms with Gasteiger partial charge in [0.1, 0.15) is 30.2 Å². The zero-order chi connectivity index (χ0) is 44.0. The minimum atomic E-state index is -1.17. The van der Waals surface area contributed by atoms with Crippen LogP contribution in [-0.4, -0.2) is 98.8 Å². The average Bonchev–Trinajstić information content (AvgIpc) is 3.99. The number of H-pyrrole nitrogens is 2. The number of carbonyl (C=O) groups is 6. The molecule has 9 N–H and O–H groups in total. The summed E-state index contributed by atoms with van der Waals surface area (Å²) in [5.74, 6) is -3.74. The van der Waals surface area contributed by atoms with Gasteiger partial charge in [-0.15, -0.1) is 18.3 Å². The van der Waals surface area contributed by atoms with E-state index in [1.165, 1.54) is 17.8 Å². The number of hydrogen-bond acceptors (Lipinski definition) is 8. The summed E-state index contributed by atoms with van der Waals surface area (Å²) in [5.41, 5.74) is 3.31. The second kappa shape index (κ2) is 19.8. The lowest BCUT2D eigenvalue weighted by atomic mass is 9.98. The van der Waals surface area contributed by atoms with Crippen LogP contribution in [0, 0.1) is 17.8 Å². The van der Waals surface area contributed by atoms with Gasteiger partial charge in [0.25, 0.3) is 0 Å². The van der Waals surface area contributed by atoms with Gasteiger partial charge in [0, 0.05) is 52.8 Å². The van der Waals surface area contributed by atoms with E-state index < -0.39 is 83.7 Å². The zero-order valence-corrected chi connectivity index (χ0v) is 36.4. The number of para-hydroxylation sites is 2. The van der Waals surface area contributed by atoms with E-state index in [1.54, 1.807) is 20.0 Å². The summed E-state index contributed by atoms with van der Waals surface area (Å²) in [6.07, 6.45) is 5.31. The van der Waals surface area contributed by atoms with E-state index in [-0.39, 0.29) is 36.5 Å². The van der Waals surface area contributed by atoms with Crippen molar-refractivity contribution in [1.29, 1.82) is 0 Å². The maximum atomic E-state index is 14.4. The summed E-state index contributed by atoms with van der Waals surface area (Å²) in [4.78, 5) is 91.7. The molecule has 6 rings (SSSR count). The van der Waals surface area contributed by atoms with Gasteiger partial charge in [0.2, 0.25) is 35.4 Å². The molecule has 4 aromatic rings. The number of amides is 6. The van der Waals surface area contributed by atoms with E-state index in [2.05, 4.69) is 53.8 Å². The first-order chi connectivity index (χ1) is 29.1. The minimum Gasteiger partial charge on any atom is -0.361 e. The normalized spacial score (nSPS) is 26.4. The van der Waals surface area contributed by atoms with Crippen molar-refractivity contribution >= 4 is 69.0 Å². The third kappa shape index (κ3) is 10.7. The van der Waals surface area contributed by atoms with Crippen LogP contribution in [0.3, 0.4) is 0 Å². The second-order valence-electron chi connectivity index (χ2n) is 17.0. The lowest BCUT2D eigenvalue weighted by Crippen LogP contribution is -2.61. The minimum absolute atomic E-state index is 0.0121. The predicted molar refractivity (Wildman–Crippen MR) is 238 cm³/mol. The second-order valence-corrected chi connectivity index (χ2v) is 18.2. The summed E-state index contributed by atoms with van der Waals surface area (Å²) in [7, 11) is 0.